The van der Waals surface area contributed by atoms with Crippen molar-refractivity contribution in [2.45, 2.75) is 43.1 Å². The highest BCUT2D eigenvalue weighted by molar-refractivity contribution is 7.89. The van der Waals surface area contributed by atoms with E-state index in [0.717, 1.165) is 31.7 Å². The maximum absolute atomic E-state index is 12.8. The van der Waals surface area contributed by atoms with E-state index in [1.165, 1.54) is 16.4 Å². The highest BCUT2D eigenvalue weighted by Gasteiger charge is 2.30. The lowest BCUT2D eigenvalue weighted by atomic mass is 10.1. The van der Waals surface area contributed by atoms with Crippen molar-refractivity contribution in [2.75, 3.05) is 31.1 Å². The van der Waals surface area contributed by atoms with Gasteiger partial charge < -0.3 is 10.0 Å². The van der Waals surface area contributed by atoms with E-state index in [1.54, 1.807) is 4.90 Å². The van der Waals surface area contributed by atoms with E-state index in [2.05, 4.69) is 0 Å². The molecule has 0 amide bonds. The number of anilines is 1. The molecule has 25 heavy (non-hydrogen) atoms. The third-order valence-corrected chi connectivity index (χ3v) is 6.73. The zero-order valence-electron chi connectivity index (χ0n) is 14.0. The molecular weight excluding hydrogens is 346 g/mol. The van der Waals surface area contributed by atoms with Crippen LogP contribution in [0.5, 0.6) is 0 Å². The quantitative estimate of drug-likeness (QED) is 0.640. The lowest BCUT2D eigenvalue weighted by Gasteiger charge is -2.32. The summed E-state index contributed by atoms with van der Waals surface area (Å²) in [6, 6.07) is 4.08. The largest absolute Gasteiger partial charge is 0.391 e. The highest BCUT2D eigenvalue weighted by Crippen LogP contribution is 2.33. The molecule has 1 aromatic carbocycles. The van der Waals surface area contributed by atoms with Gasteiger partial charge in [0, 0.05) is 32.2 Å². The average Bonchev–Trinajstić information content (AvgIpc) is 2.62. The Morgan fingerprint density at radius 2 is 1.84 bits per heavy atom. The van der Waals surface area contributed by atoms with Gasteiger partial charge in [-0.2, -0.15) is 4.31 Å². The van der Waals surface area contributed by atoms with E-state index in [0.29, 0.717) is 38.3 Å². The van der Waals surface area contributed by atoms with Crippen LogP contribution in [-0.4, -0.2) is 55.0 Å². The van der Waals surface area contributed by atoms with Crippen molar-refractivity contribution < 1.29 is 18.4 Å². The summed E-state index contributed by atoms with van der Waals surface area (Å²) in [4.78, 5) is 12.7. The Balaban J connectivity index is 1.95. The van der Waals surface area contributed by atoms with Crippen molar-refractivity contribution in [3.05, 3.63) is 28.3 Å². The van der Waals surface area contributed by atoms with E-state index < -0.39 is 21.1 Å². The average molecular weight is 369 g/mol. The van der Waals surface area contributed by atoms with Crippen molar-refractivity contribution in [2.24, 2.45) is 0 Å². The van der Waals surface area contributed by atoms with Crippen molar-refractivity contribution >= 4 is 21.4 Å². The second-order valence-corrected chi connectivity index (χ2v) is 8.55. The predicted octanol–water partition coefficient (Wildman–Crippen LogP) is 1.73. The van der Waals surface area contributed by atoms with Gasteiger partial charge in [-0.05, 0) is 37.8 Å². The molecule has 8 nitrogen and oxygen atoms in total. The number of rotatable bonds is 4. The first-order valence-corrected chi connectivity index (χ1v) is 10.1. The molecule has 2 heterocycles. The van der Waals surface area contributed by atoms with Gasteiger partial charge >= 0.3 is 0 Å². The highest BCUT2D eigenvalue weighted by atomic mass is 32.2. The first-order chi connectivity index (χ1) is 11.9. The number of nitro benzene ring substituents is 1. The van der Waals surface area contributed by atoms with E-state index in [4.69, 9.17) is 0 Å². The second-order valence-electron chi connectivity index (χ2n) is 6.61. The van der Waals surface area contributed by atoms with Gasteiger partial charge in [-0.25, -0.2) is 8.42 Å². The second kappa shape index (κ2) is 7.27. The van der Waals surface area contributed by atoms with Crippen LogP contribution >= 0.6 is 0 Å². The van der Waals surface area contributed by atoms with Crippen LogP contribution < -0.4 is 4.90 Å². The standard InChI is InChI=1S/C16H23N3O5S/c20-13-5-4-8-17(12-13)15-7-6-14(11-16(15)19(21)22)25(23,24)18-9-2-1-3-10-18/h6-7,11,13,20H,1-5,8-10,12H2/t13-/m1/s1. The van der Waals surface area contributed by atoms with Gasteiger partial charge in [-0.15, -0.1) is 0 Å². The number of β-amino-alcohol motifs (C(OH)–C–C–N with tert-alkyl or cyclic N) is 1. The molecule has 0 spiro atoms. The number of piperidine rings is 2. The monoisotopic (exact) mass is 369 g/mol. The Labute approximate surface area is 147 Å². The number of sulfonamides is 1. The fourth-order valence-corrected chi connectivity index (χ4v) is 5.04. The normalized spacial score (nSPS) is 22.8. The number of benzene rings is 1. The van der Waals surface area contributed by atoms with Gasteiger partial charge in [-0.3, -0.25) is 10.1 Å². The minimum atomic E-state index is -3.72. The fourth-order valence-electron chi connectivity index (χ4n) is 3.51. The molecule has 138 valence electrons. The first-order valence-electron chi connectivity index (χ1n) is 8.61. The van der Waals surface area contributed by atoms with Gasteiger partial charge in [0.2, 0.25) is 10.0 Å². The van der Waals surface area contributed by atoms with Gasteiger partial charge in [-0.1, -0.05) is 6.42 Å². The van der Waals surface area contributed by atoms with Crippen LogP contribution in [0.4, 0.5) is 11.4 Å². The molecule has 0 aromatic heterocycles. The minimum Gasteiger partial charge on any atom is -0.391 e. The Morgan fingerprint density at radius 3 is 2.48 bits per heavy atom. The Bertz CT molecular complexity index is 746. The molecule has 2 fully saturated rings. The summed E-state index contributed by atoms with van der Waals surface area (Å²) < 4.78 is 26.9. The summed E-state index contributed by atoms with van der Waals surface area (Å²) in [6.07, 6.45) is 3.52. The van der Waals surface area contributed by atoms with E-state index in [9.17, 15) is 23.6 Å². The van der Waals surface area contributed by atoms with Crippen LogP contribution in [-0.2, 0) is 10.0 Å². The zero-order chi connectivity index (χ0) is 18.0. The van der Waals surface area contributed by atoms with Crippen molar-refractivity contribution in [3.8, 4) is 0 Å². The SMILES string of the molecule is O=[N+]([O-])c1cc(S(=O)(=O)N2CCCCC2)ccc1N1CCC[C@@H](O)C1. The molecule has 0 aliphatic carbocycles. The third kappa shape index (κ3) is 3.78. The van der Waals surface area contributed by atoms with Crippen molar-refractivity contribution in [3.63, 3.8) is 0 Å². The van der Waals surface area contributed by atoms with Crippen LogP contribution in [0, 0.1) is 10.1 Å². The molecule has 2 aliphatic rings. The Hall–Kier alpha value is -1.71. The molecule has 1 atom stereocenters. The maximum Gasteiger partial charge on any atom is 0.293 e. The molecule has 3 rings (SSSR count). The first kappa shape index (κ1) is 18.1. The smallest absolute Gasteiger partial charge is 0.293 e. The number of aliphatic hydroxyl groups excluding tert-OH is 1. The van der Waals surface area contributed by atoms with Crippen LogP contribution in [0.2, 0.25) is 0 Å². The number of hydrogen-bond donors (Lipinski definition) is 1. The summed E-state index contributed by atoms with van der Waals surface area (Å²) in [6.45, 7) is 1.83. The lowest BCUT2D eigenvalue weighted by molar-refractivity contribution is -0.384. The van der Waals surface area contributed by atoms with Gasteiger partial charge in [0.25, 0.3) is 5.69 Å². The summed E-state index contributed by atoms with van der Waals surface area (Å²) in [5, 5.41) is 21.3. The number of nitrogens with zero attached hydrogens (tertiary/aromatic N) is 3. The molecule has 2 aliphatic heterocycles. The van der Waals surface area contributed by atoms with Crippen LogP contribution in [0.25, 0.3) is 0 Å². The third-order valence-electron chi connectivity index (χ3n) is 4.83. The van der Waals surface area contributed by atoms with E-state index in [1.807, 2.05) is 0 Å². The Kier molecular flexibility index (Phi) is 5.26. The molecule has 0 unspecified atom stereocenters. The molecule has 0 bridgehead atoms. The molecule has 2 saturated heterocycles. The fraction of sp³-hybridized carbons (Fsp3) is 0.625. The summed E-state index contributed by atoms with van der Waals surface area (Å²) in [7, 11) is -3.72. The molecule has 1 N–H and O–H groups in total. The molecule has 0 saturated carbocycles. The van der Waals surface area contributed by atoms with E-state index >= 15 is 0 Å². The van der Waals surface area contributed by atoms with Crippen molar-refractivity contribution in [1.29, 1.82) is 0 Å². The maximum atomic E-state index is 12.8. The van der Waals surface area contributed by atoms with Crippen LogP contribution in [0.3, 0.4) is 0 Å². The summed E-state index contributed by atoms with van der Waals surface area (Å²) in [5.41, 5.74) is 0.133. The van der Waals surface area contributed by atoms with Gasteiger partial charge in [0.15, 0.2) is 0 Å². The lowest BCUT2D eigenvalue weighted by Crippen LogP contribution is -2.38. The molecule has 1 aromatic rings. The van der Waals surface area contributed by atoms with Gasteiger partial charge in [0.1, 0.15) is 5.69 Å². The molecule has 9 heteroatoms. The topological polar surface area (TPSA) is 104 Å². The van der Waals surface area contributed by atoms with E-state index in [-0.39, 0.29) is 10.6 Å². The number of aliphatic hydroxyl groups is 1. The van der Waals surface area contributed by atoms with Gasteiger partial charge in [0.05, 0.1) is 15.9 Å². The van der Waals surface area contributed by atoms with Crippen molar-refractivity contribution in [1.82, 2.24) is 4.31 Å². The summed E-state index contributed by atoms with van der Waals surface area (Å²) >= 11 is 0. The summed E-state index contributed by atoms with van der Waals surface area (Å²) in [5.74, 6) is 0. The Morgan fingerprint density at radius 1 is 1.12 bits per heavy atom. The number of hydrogen-bond acceptors (Lipinski definition) is 6. The van der Waals surface area contributed by atoms with Crippen LogP contribution in [0.15, 0.2) is 23.1 Å². The van der Waals surface area contributed by atoms with Crippen LogP contribution in [0.1, 0.15) is 32.1 Å². The molecular formula is C16H23N3O5S. The molecule has 0 radical (unpaired) electrons. The zero-order valence-corrected chi connectivity index (χ0v) is 14.8. The predicted molar refractivity (Wildman–Crippen MR) is 93.2 cm³/mol. The minimum absolute atomic E-state index is 0.0394. The number of nitro groups is 1.